The SMILES string of the molecule is COCc1cccc(C)c1I. The van der Waals surface area contributed by atoms with Crippen LogP contribution in [0.2, 0.25) is 0 Å². The van der Waals surface area contributed by atoms with Crippen molar-refractivity contribution in [2.75, 3.05) is 7.11 Å². The minimum atomic E-state index is 0.708. The van der Waals surface area contributed by atoms with E-state index >= 15 is 0 Å². The number of hydrogen-bond acceptors (Lipinski definition) is 1. The molecule has 0 radical (unpaired) electrons. The molecule has 0 heterocycles. The van der Waals surface area contributed by atoms with Crippen LogP contribution in [-0.4, -0.2) is 7.11 Å². The van der Waals surface area contributed by atoms with E-state index in [0.717, 1.165) is 0 Å². The summed E-state index contributed by atoms with van der Waals surface area (Å²) in [5.74, 6) is 0. The first-order valence-corrected chi connectivity index (χ1v) is 4.56. The Labute approximate surface area is 80.9 Å². The number of benzene rings is 1. The fraction of sp³-hybridized carbons (Fsp3) is 0.333. The summed E-state index contributed by atoms with van der Waals surface area (Å²) in [4.78, 5) is 0. The van der Waals surface area contributed by atoms with Gasteiger partial charge in [-0.3, -0.25) is 0 Å². The lowest BCUT2D eigenvalue weighted by Gasteiger charge is -2.04. The molecule has 0 unspecified atom stereocenters. The molecule has 1 nitrogen and oxygen atoms in total. The van der Waals surface area contributed by atoms with Crippen molar-refractivity contribution in [3.05, 3.63) is 32.9 Å². The van der Waals surface area contributed by atoms with E-state index in [9.17, 15) is 0 Å². The van der Waals surface area contributed by atoms with Crippen molar-refractivity contribution in [1.82, 2.24) is 0 Å². The van der Waals surface area contributed by atoms with Gasteiger partial charge in [-0.25, -0.2) is 0 Å². The van der Waals surface area contributed by atoms with Gasteiger partial charge in [-0.05, 0) is 40.6 Å². The lowest BCUT2D eigenvalue weighted by Crippen LogP contribution is -1.92. The summed E-state index contributed by atoms with van der Waals surface area (Å²) in [5, 5.41) is 0. The summed E-state index contributed by atoms with van der Waals surface area (Å²) < 4.78 is 6.37. The maximum Gasteiger partial charge on any atom is 0.0723 e. The van der Waals surface area contributed by atoms with E-state index in [4.69, 9.17) is 4.74 Å². The second-order valence-corrected chi connectivity index (χ2v) is 3.56. The van der Waals surface area contributed by atoms with Crippen molar-refractivity contribution in [2.24, 2.45) is 0 Å². The van der Waals surface area contributed by atoms with E-state index in [2.05, 4.69) is 47.7 Å². The molecule has 0 N–H and O–H groups in total. The van der Waals surface area contributed by atoms with Crippen molar-refractivity contribution >= 4 is 22.6 Å². The number of methoxy groups -OCH3 is 1. The molecule has 0 aliphatic rings. The third-order valence-electron chi connectivity index (χ3n) is 1.57. The van der Waals surface area contributed by atoms with Crippen LogP contribution in [0.25, 0.3) is 0 Å². The van der Waals surface area contributed by atoms with Crippen molar-refractivity contribution in [1.29, 1.82) is 0 Å². The first-order chi connectivity index (χ1) is 5.25. The molecule has 0 spiro atoms. The maximum absolute atomic E-state index is 5.06. The highest BCUT2D eigenvalue weighted by molar-refractivity contribution is 14.1. The zero-order valence-electron chi connectivity index (χ0n) is 6.73. The van der Waals surface area contributed by atoms with Crippen LogP contribution in [0.15, 0.2) is 18.2 Å². The van der Waals surface area contributed by atoms with Crippen LogP contribution in [0.5, 0.6) is 0 Å². The molecular weight excluding hydrogens is 251 g/mol. The average Bonchev–Trinajstić information content (AvgIpc) is 1.99. The Bertz CT molecular complexity index is 245. The molecule has 1 aromatic rings. The third kappa shape index (κ3) is 2.17. The molecule has 0 bridgehead atoms. The van der Waals surface area contributed by atoms with Crippen LogP contribution in [-0.2, 0) is 11.3 Å². The summed E-state index contributed by atoms with van der Waals surface area (Å²) in [6.07, 6.45) is 0. The topological polar surface area (TPSA) is 9.23 Å². The van der Waals surface area contributed by atoms with Gasteiger partial charge in [0.15, 0.2) is 0 Å². The predicted molar refractivity (Wildman–Crippen MR) is 54.6 cm³/mol. The highest BCUT2D eigenvalue weighted by atomic mass is 127. The normalized spacial score (nSPS) is 10.1. The molecular formula is C9H11IO. The van der Waals surface area contributed by atoms with Gasteiger partial charge in [0, 0.05) is 10.7 Å². The molecule has 1 aromatic carbocycles. The van der Waals surface area contributed by atoms with Gasteiger partial charge in [0.2, 0.25) is 0 Å². The lowest BCUT2D eigenvalue weighted by atomic mass is 10.1. The number of aryl methyl sites for hydroxylation is 1. The van der Waals surface area contributed by atoms with Crippen LogP contribution < -0.4 is 0 Å². The molecule has 0 amide bonds. The van der Waals surface area contributed by atoms with Gasteiger partial charge in [-0.1, -0.05) is 18.2 Å². The molecule has 0 atom stereocenters. The van der Waals surface area contributed by atoms with E-state index in [1.807, 2.05) is 0 Å². The minimum absolute atomic E-state index is 0.708. The average molecular weight is 262 g/mol. The zero-order chi connectivity index (χ0) is 8.27. The molecule has 0 fully saturated rings. The summed E-state index contributed by atoms with van der Waals surface area (Å²) in [6.45, 7) is 2.82. The lowest BCUT2D eigenvalue weighted by molar-refractivity contribution is 0.184. The number of hydrogen-bond donors (Lipinski definition) is 0. The molecule has 2 heteroatoms. The Balaban J connectivity index is 2.96. The van der Waals surface area contributed by atoms with E-state index in [1.54, 1.807) is 7.11 Å². The fourth-order valence-corrected chi connectivity index (χ4v) is 1.49. The van der Waals surface area contributed by atoms with Gasteiger partial charge in [0.1, 0.15) is 0 Å². The third-order valence-corrected chi connectivity index (χ3v) is 3.12. The van der Waals surface area contributed by atoms with E-state index < -0.39 is 0 Å². The summed E-state index contributed by atoms with van der Waals surface area (Å²) in [7, 11) is 1.72. The highest BCUT2D eigenvalue weighted by Gasteiger charge is 1.99. The predicted octanol–water partition coefficient (Wildman–Crippen LogP) is 2.75. The standard InChI is InChI=1S/C9H11IO/c1-7-4-3-5-8(6-11-2)9(7)10/h3-5H,6H2,1-2H3. The summed E-state index contributed by atoms with van der Waals surface area (Å²) >= 11 is 2.35. The number of halogens is 1. The van der Waals surface area contributed by atoms with Gasteiger partial charge in [-0.2, -0.15) is 0 Å². The fourth-order valence-electron chi connectivity index (χ4n) is 0.975. The van der Waals surface area contributed by atoms with Crippen molar-refractivity contribution in [3.8, 4) is 0 Å². The zero-order valence-corrected chi connectivity index (χ0v) is 8.88. The van der Waals surface area contributed by atoms with Crippen LogP contribution in [0.3, 0.4) is 0 Å². The molecule has 1 rings (SSSR count). The Morgan fingerprint density at radius 1 is 1.45 bits per heavy atom. The van der Waals surface area contributed by atoms with Crippen molar-refractivity contribution in [3.63, 3.8) is 0 Å². The first kappa shape index (κ1) is 9.00. The molecule has 0 aliphatic heterocycles. The molecule has 11 heavy (non-hydrogen) atoms. The smallest absolute Gasteiger partial charge is 0.0723 e. The van der Waals surface area contributed by atoms with E-state index in [0.29, 0.717) is 6.61 Å². The van der Waals surface area contributed by atoms with Gasteiger partial charge < -0.3 is 4.74 Å². The van der Waals surface area contributed by atoms with Crippen LogP contribution >= 0.6 is 22.6 Å². The van der Waals surface area contributed by atoms with Crippen LogP contribution in [0.1, 0.15) is 11.1 Å². The van der Waals surface area contributed by atoms with Crippen molar-refractivity contribution < 1.29 is 4.74 Å². The highest BCUT2D eigenvalue weighted by Crippen LogP contribution is 2.16. The number of ether oxygens (including phenoxy) is 1. The minimum Gasteiger partial charge on any atom is -0.380 e. The molecule has 0 aromatic heterocycles. The van der Waals surface area contributed by atoms with E-state index in [1.165, 1.54) is 14.7 Å². The summed E-state index contributed by atoms with van der Waals surface area (Å²) in [5.41, 5.74) is 2.59. The maximum atomic E-state index is 5.06. The van der Waals surface area contributed by atoms with Gasteiger partial charge in [0.25, 0.3) is 0 Å². The van der Waals surface area contributed by atoms with E-state index in [-0.39, 0.29) is 0 Å². The Hall–Kier alpha value is -0.0900. The number of rotatable bonds is 2. The Kier molecular flexibility index (Phi) is 3.33. The monoisotopic (exact) mass is 262 g/mol. The second-order valence-electron chi connectivity index (χ2n) is 2.48. The van der Waals surface area contributed by atoms with Crippen LogP contribution in [0, 0.1) is 10.5 Å². The summed E-state index contributed by atoms with van der Waals surface area (Å²) in [6, 6.07) is 6.27. The largest absolute Gasteiger partial charge is 0.380 e. The molecule has 0 aliphatic carbocycles. The second kappa shape index (κ2) is 4.07. The first-order valence-electron chi connectivity index (χ1n) is 3.48. The van der Waals surface area contributed by atoms with Gasteiger partial charge in [0.05, 0.1) is 6.61 Å². The Morgan fingerprint density at radius 3 is 2.82 bits per heavy atom. The quantitative estimate of drug-likeness (QED) is 0.744. The molecule has 0 saturated heterocycles. The van der Waals surface area contributed by atoms with Crippen molar-refractivity contribution in [2.45, 2.75) is 13.5 Å². The molecule has 60 valence electrons. The molecule has 0 saturated carbocycles. The van der Waals surface area contributed by atoms with Gasteiger partial charge >= 0.3 is 0 Å². The Morgan fingerprint density at radius 2 is 2.18 bits per heavy atom. The van der Waals surface area contributed by atoms with Gasteiger partial charge in [-0.15, -0.1) is 0 Å². The van der Waals surface area contributed by atoms with Crippen LogP contribution in [0.4, 0.5) is 0 Å².